The molecular weight excluding hydrogens is 527 g/mol. The minimum atomic E-state index is -1.04. The van der Waals surface area contributed by atoms with Gasteiger partial charge in [0.2, 0.25) is 5.91 Å². The van der Waals surface area contributed by atoms with Crippen molar-refractivity contribution in [2.45, 2.75) is 65.9 Å². The van der Waals surface area contributed by atoms with Gasteiger partial charge in [-0.2, -0.15) is 0 Å². The number of aromatic nitrogens is 3. The number of aliphatic hydroxyl groups is 1. The highest BCUT2D eigenvalue weighted by molar-refractivity contribution is 5.92. The second-order valence-corrected chi connectivity index (χ2v) is 11.1. The van der Waals surface area contributed by atoms with Crippen molar-refractivity contribution in [1.29, 1.82) is 0 Å². The summed E-state index contributed by atoms with van der Waals surface area (Å²) in [5.74, 6) is -1.27. The summed E-state index contributed by atoms with van der Waals surface area (Å²) in [5.41, 5.74) is 4.23. The van der Waals surface area contributed by atoms with Crippen LogP contribution in [0.15, 0.2) is 42.5 Å². The van der Waals surface area contributed by atoms with Crippen molar-refractivity contribution in [3.8, 4) is 17.0 Å². The summed E-state index contributed by atoms with van der Waals surface area (Å²) in [6, 6.07) is 12.3. The number of anilines is 1. The first kappa shape index (κ1) is 29.7. The number of carbonyl (C=O) groups is 2. The van der Waals surface area contributed by atoms with Gasteiger partial charge in [0.15, 0.2) is 23.0 Å². The van der Waals surface area contributed by atoms with Crippen LogP contribution in [0, 0.1) is 19.7 Å². The number of ether oxygens (including phenoxy) is 1. The van der Waals surface area contributed by atoms with Gasteiger partial charge < -0.3 is 20.3 Å². The minimum Gasteiger partial charge on any atom is -0.490 e. The van der Waals surface area contributed by atoms with Crippen molar-refractivity contribution < 1.29 is 28.9 Å². The third kappa shape index (κ3) is 7.26. The van der Waals surface area contributed by atoms with E-state index in [2.05, 4.69) is 15.4 Å². The Hall–Kier alpha value is -4.31. The monoisotopic (exact) mass is 562 g/mol. The van der Waals surface area contributed by atoms with Crippen LogP contribution in [0.5, 0.6) is 5.75 Å². The summed E-state index contributed by atoms with van der Waals surface area (Å²) < 4.78 is 22.2. The van der Waals surface area contributed by atoms with Crippen LogP contribution >= 0.6 is 0 Å². The van der Waals surface area contributed by atoms with Gasteiger partial charge >= 0.3 is 5.97 Å². The first-order valence-electron chi connectivity index (χ1n) is 13.4. The van der Waals surface area contributed by atoms with E-state index in [1.807, 2.05) is 37.3 Å². The second-order valence-electron chi connectivity index (χ2n) is 11.1. The molecule has 0 aliphatic carbocycles. The molecule has 0 saturated heterocycles. The van der Waals surface area contributed by atoms with E-state index in [0.717, 1.165) is 23.1 Å². The zero-order valence-electron chi connectivity index (χ0n) is 23.9. The van der Waals surface area contributed by atoms with Gasteiger partial charge in [-0.25, -0.2) is 13.9 Å². The first-order chi connectivity index (χ1) is 19.3. The SMILES string of the molecule is CC(C)(C)O.Cc1nc2cc(NC(=O)Cc3ccccc3)nn2c(-c2cc(F)c3c(c2C)CCCO3)c1CC(=O)O. The second kappa shape index (κ2) is 12.1. The summed E-state index contributed by atoms with van der Waals surface area (Å²) in [7, 11) is 0. The number of carboxylic acid groups (broad SMARTS) is 1. The molecule has 0 radical (unpaired) electrons. The number of halogens is 1. The average Bonchev–Trinajstić information content (AvgIpc) is 3.27. The number of amides is 1. The van der Waals surface area contributed by atoms with Gasteiger partial charge in [-0.05, 0) is 64.7 Å². The molecule has 0 atom stereocenters. The fraction of sp³-hybridized carbons (Fsp3) is 0.355. The topological polar surface area (TPSA) is 126 Å². The Morgan fingerprint density at radius 3 is 2.46 bits per heavy atom. The van der Waals surface area contributed by atoms with Gasteiger partial charge in [0.25, 0.3) is 0 Å². The number of aliphatic carboxylic acids is 1. The summed E-state index contributed by atoms with van der Waals surface area (Å²) in [4.78, 5) is 28.9. The maximum atomic E-state index is 15.1. The number of nitrogens with zero attached hydrogens (tertiary/aromatic N) is 3. The van der Waals surface area contributed by atoms with E-state index >= 15 is 4.39 Å². The van der Waals surface area contributed by atoms with Crippen LogP contribution in [0.3, 0.4) is 0 Å². The Kier molecular flexibility index (Phi) is 8.72. The summed E-state index contributed by atoms with van der Waals surface area (Å²) >= 11 is 0. The third-order valence-corrected chi connectivity index (χ3v) is 6.40. The van der Waals surface area contributed by atoms with Crippen molar-refractivity contribution in [2.24, 2.45) is 0 Å². The zero-order valence-corrected chi connectivity index (χ0v) is 23.9. The Morgan fingerprint density at radius 2 is 1.80 bits per heavy atom. The lowest BCUT2D eigenvalue weighted by Crippen LogP contribution is -2.15. The Morgan fingerprint density at radius 1 is 1.12 bits per heavy atom. The van der Waals surface area contributed by atoms with Crippen LogP contribution < -0.4 is 10.1 Å². The predicted octanol–water partition coefficient (Wildman–Crippen LogP) is 5.06. The minimum absolute atomic E-state index is 0.174. The summed E-state index contributed by atoms with van der Waals surface area (Å²) in [6.45, 7) is 9.28. The number of nitrogens with one attached hydrogen (secondary N) is 1. The molecule has 3 N–H and O–H groups in total. The zero-order chi connectivity index (χ0) is 29.9. The molecule has 0 fully saturated rings. The standard InChI is InChI=1S/C27H25FN4O4.C4H10O/c1-15-18-9-6-10-36-27(18)21(28)12-19(15)26-20(13-25(34)35)16(2)29-23-14-22(31-32(23)26)30-24(33)11-17-7-4-3-5-8-17;1-4(2,3)5/h3-5,7-8,12,14H,6,9-11,13H2,1-2H3,(H,34,35)(H,30,31,33);5H,1-3H3. The van der Waals surface area contributed by atoms with E-state index in [9.17, 15) is 14.7 Å². The van der Waals surface area contributed by atoms with Crippen molar-refractivity contribution in [3.63, 3.8) is 0 Å². The third-order valence-electron chi connectivity index (χ3n) is 6.40. The smallest absolute Gasteiger partial charge is 0.307 e. The fourth-order valence-corrected chi connectivity index (χ4v) is 4.73. The first-order valence-corrected chi connectivity index (χ1v) is 13.4. The lowest BCUT2D eigenvalue weighted by atomic mass is 9.91. The van der Waals surface area contributed by atoms with Gasteiger partial charge in [-0.3, -0.25) is 9.59 Å². The number of benzene rings is 2. The maximum absolute atomic E-state index is 15.1. The molecule has 5 rings (SSSR count). The van der Waals surface area contributed by atoms with Crippen molar-refractivity contribution in [3.05, 3.63) is 76.2 Å². The predicted molar refractivity (Wildman–Crippen MR) is 154 cm³/mol. The molecular formula is C31H35FN4O5. The summed E-state index contributed by atoms with van der Waals surface area (Å²) in [6.07, 6.45) is 1.29. The molecule has 9 nitrogen and oxygen atoms in total. The molecule has 0 bridgehead atoms. The molecule has 4 aromatic rings. The molecule has 0 saturated carbocycles. The quantitative estimate of drug-likeness (QED) is 0.300. The molecule has 1 aliphatic rings. The summed E-state index contributed by atoms with van der Waals surface area (Å²) in [5, 5.41) is 25.5. The van der Waals surface area contributed by atoms with Gasteiger partial charge in [-0.15, -0.1) is 5.10 Å². The number of hydrogen-bond acceptors (Lipinski definition) is 6. The van der Waals surface area contributed by atoms with E-state index in [1.54, 1.807) is 33.8 Å². The maximum Gasteiger partial charge on any atom is 0.307 e. The van der Waals surface area contributed by atoms with Gasteiger partial charge in [-0.1, -0.05) is 30.3 Å². The highest BCUT2D eigenvalue weighted by atomic mass is 19.1. The Balaban J connectivity index is 0.000000714. The molecule has 216 valence electrons. The van der Waals surface area contributed by atoms with Gasteiger partial charge in [0.1, 0.15) is 0 Å². The molecule has 2 aromatic heterocycles. The largest absolute Gasteiger partial charge is 0.490 e. The van der Waals surface area contributed by atoms with Crippen molar-refractivity contribution in [1.82, 2.24) is 14.6 Å². The normalized spacial score (nSPS) is 12.7. The van der Waals surface area contributed by atoms with Gasteiger partial charge in [0, 0.05) is 28.5 Å². The van der Waals surface area contributed by atoms with E-state index in [1.165, 1.54) is 10.6 Å². The van der Waals surface area contributed by atoms with Crippen LogP contribution in [0.2, 0.25) is 0 Å². The molecule has 0 unspecified atom stereocenters. The lowest BCUT2D eigenvalue weighted by Gasteiger charge is -2.23. The molecule has 2 aromatic carbocycles. The van der Waals surface area contributed by atoms with Crippen molar-refractivity contribution in [2.75, 3.05) is 11.9 Å². The van der Waals surface area contributed by atoms with E-state index in [4.69, 9.17) is 9.84 Å². The fourth-order valence-electron chi connectivity index (χ4n) is 4.73. The van der Waals surface area contributed by atoms with Crippen LogP contribution in [0.1, 0.15) is 55.1 Å². The Labute approximate surface area is 238 Å². The van der Waals surface area contributed by atoms with Crippen LogP contribution in [-0.4, -0.2) is 48.9 Å². The van der Waals surface area contributed by atoms with Crippen LogP contribution in [0.4, 0.5) is 10.2 Å². The molecule has 0 spiro atoms. The van der Waals surface area contributed by atoms with E-state index in [0.29, 0.717) is 41.2 Å². The number of carboxylic acids is 1. The molecule has 3 heterocycles. The molecule has 1 amide bonds. The van der Waals surface area contributed by atoms with Gasteiger partial charge in [0.05, 0.1) is 30.7 Å². The van der Waals surface area contributed by atoms with Crippen LogP contribution in [0.25, 0.3) is 16.9 Å². The number of fused-ring (bicyclic) bond motifs is 2. The van der Waals surface area contributed by atoms with E-state index in [-0.39, 0.29) is 30.3 Å². The van der Waals surface area contributed by atoms with Crippen molar-refractivity contribution >= 4 is 23.3 Å². The number of hydrogen-bond donors (Lipinski definition) is 3. The highest BCUT2D eigenvalue weighted by Crippen LogP contribution is 2.39. The lowest BCUT2D eigenvalue weighted by molar-refractivity contribution is -0.136. The molecule has 10 heteroatoms. The van der Waals surface area contributed by atoms with E-state index < -0.39 is 17.4 Å². The number of rotatable bonds is 6. The Bertz CT molecular complexity index is 1590. The molecule has 41 heavy (non-hydrogen) atoms. The molecule has 1 aliphatic heterocycles. The van der Waals surface area contributed by atoms with Crippen LogP contribution in [-0.2, 0) is 28.9 Å². The number of aryl methyl sites for hydroxylation is 1. The average molecular weight is 563 g/mol. The highest BCUT2D eigenvalue weighted by Gasteiger charge is 2.26. The number of carbonyl (C=O) groups excluding carboxylic acids is 1.